The molecule has 2 aromatic rings. The molecule has 0 aliphatic carbocycles. The number of aromatic nitrogens is 2. The number of rotatable bonds is 7. The van der Waals surface area contributed by atoms with E-state index >= 15 is 0 Å². The third-order valence-corrected chi connectivity index (χ3v) is 4.24. The second-order valence-corrected chi connectivity index (χ2v) is 6.21. The van der Waals surface area contributed by atoms with Gasteiger partial charge in [0.2, 0.25) is 0 Å². The fraction of sp³-hybridized carbons (Fsp3) is 0.471. The summed E-state index contributed by atoms with van der Waals surface area (Å²) in [5.41, 5.74) is 2.79. The van der Waals surface area contributed by atoms with Crippen molar-refractivity contribution >= 4 is 11.6 Å². The number of aryl methyl sites for hydroxylation is 1. The fourth-order valence-corrected chi connectivity index (χ4v) is 2.70. The zero-order valence-electron chi connectivity index (χ0n) is 14.0. The largest absolute Gasteiger partial charge is 0.497 e. The predicted octanol–water partition coefficient (Wildman–Crippen LogP) is 3.03. The van der Waals surface area contributed by atoms with Crippen molar-refractivity contribution in [3.05, 3.63) is 46.2 Å². The molecule has 1 aromatic heterocycles. The number of benzene rings is 1. The van der Waals surface area contributed by atoms with Gasteiger partial charge in [0.1, 0.15) is 10.9 Å². The van der Waals surface area contributed by atoms with Gasteiger partial charge in [-0.15, -0.1) is 0 Å². The van der Waals surface area contributed by atoms with E-state index < -0.39 is 6.10 Å². The molecule has 0 aliphatic heterocycles. The second kappa shape index (κ2) is 7.81. The van der Waals surface area contributed by atoms with Crippen LogP contribution in [0.15, 0.2) is 24.3 Å². The Labute approximate surface area is 142 Å². The first-order chi connectivity index (χ1) is 10.9. The Bertz CT molecular complexity index is 655. The molecule has 0 bridgehead atoms. The average Bonchev–Trinajstić information content (AvgIpc) is 2.83. The standard InChI is InChI=1S/C17H24ClN3O2/c1-11(2)16-14(17(18)21(3)20-16)9-19-10-15(22)12-6-5-7-13(8-12)23-4/h5-8,11,15,19,22H,9-10H2,1-4H3. The van der Waals surface area contributed by atoms with E-state index in [2.05, 4.69) is 24.3 Å². The van der Waals surface area contributed by atoms with E-state index in [-0.39, 0.29) is 0 Å². The molecule has 23 heavy (non-hydrogen) atoms. The van der Waals surface area contributed by atoms with Crippen molar-refractivity contribution in [2.75, 3.05) is 13.7 Å². The molecule has 0 amide bonds. The number of hydrogen-bond acceptors (Lipinski definition) is 4. The Morgan fingerprint density at radius 1 is 1.39 bits per heavy atom. The van der Waals surface area contributed by atoms with E-state index in [0.717, 1.165) is 22.6 Å². The first kappa shape index (κ1) is 17.8. The number of ether oxygens (including phenoxy) is 1. The minimum Gasteiger partial charge on any atom is -0.497 e. The van der Waals surface area contributed by atoms with E-state index in [9.17, 15) is 5.11 Å². The molecule has 6 heteroatoms. The second-order valence-electron chi connectivity index (χ2n) is 5.86. The van der Waals surface area contributed by atoms with Gasteiger partial charge in [0.15, 0.2) is 0 Å². The van der Waals surface area contributed by atoms with Crippen molar-refractivity contribution in [2.24, 2.45) is 7.05 Å². The molecule has 0 fully saturated rings. The lowest BCUT2D eigenvalue weighted by Crippen LogP contribution is -2.21. The van der Waals surface area contributed by atoms with Crippen LogP contribution in [0.2, 0.25) is 5.15 Å². The fourth-order valence-electron chi connectivity index (χ4n) is 2.49. The van der Waals surface area contributed by atoms with Crippen LogP contribution in [0, 0.1) is 0 Å². The zero-order chi connectivity index (χ0) is 17.0. The van der Waals surface area contributed by atoms with Gasteiger partial charge in [0, 0.05) is 25.7 Å². The van der Waals surface area contributed by atoms with Gasteiger partial charge in [-0.3, -0.25) is 4.68 Å². The lowest BCUT2D eigenvalue weighted by molar-refractivity contribution is 0.174. The molecule has 126 valence electrons. The van der Waals surface area contributed by atoms with Crippen LogP contribution in [0.25, 0.3) is 0 Å². The van der Waals surface area contributed by atoms with Gasteiger partial charge in [-0.2, -0.15) is 5.10 Å². The first-order valence-electron chi connectivity index (χ1n) is 7.68. The summed E-state index contributed by atoms with van der Waals surface area (Å²) in [6.45, 7) is 5.18. The summed E-state index contributed by atoms with van der Waals surface area (Å²) in [7, 11) is 3.45. The average molecular weight is 338 g/mol. The molecular formula is C17H24ClN3O2. The Morgan fingerprint density at radius 2 is 2.13 bits per heavy atom. The van der Waals surface area contributed by atoms with Crippen molar-refractivity contribution in [3.63, 3.8) is 0 Å². The highest BCUT2D eigenvalue weighted by Gasteiger charge is 2.17. The molecule has 1 atom stereocenters. The van der Waals surface area contributed by atoms with Crippen LogP contribution in [0.1, 0.15) is 42.7 Å². The highest BCUT2D eigenvalue weighted by molar-refractivity contribution is 6.30. The lowest BCUT2D eigenvalue weighted by Gasteiger charge is -2.14. The topological polar surface area (TPSA) is 59.3 Å². The van der Waals surface area contributed by atoms with Crippen molar-refractivity contribution in [3.8, 4) is 5.75 Å². The van der Waals surface area contributed by atoms with E-state index in [0.29, 0.717) is 24.2 Å². The maximum atomic E-state index is 10.3. The van der Waals surface area contributed by atoms with Crippen molar-refractivity contribution in [2.45, 2.75) is 32.4 Å². The Morgan fingerprint density at radius 3 is 2.78 bits per heavy atom. The number of nitrogens with zero attached hydrogens (tertiary/aromatic N) is 2. The molecule has 2 N–H and O–H groups in total. The molecular weight excluding hydrogens is 314 g/mol. The number of aliphatic hydroxyl groups is 1. The molecule has 0 radical (unpaired) electrons. The third-order valence-electron chi connectivity index (χ3n) is 3.76. The first-order valence-corrected chi connectivity index (χ1v) is 8.05. The molecule has 0 spiro atoms. The molecule has 5 nitrogen and oxygen atoms in total. The van der Waals surface area contributed by atoms with Gasteiger partial charge in [0.05, 0.1) is 18.9 Å². The number of nitrogens with one attached hydrogen (secondary N) is 1. The quantitative estimate of drug-likeness (QED) is 0.815. The summed E-state index contributed by atoms with van der Waals surface area (Å²) in [6, 6.07) is 7.44. The summed E-state index contributed by atoms with van der Waals surface area (Å²) in [6.07, 6.45) is -0.608. The van der Waals surface area contributed by atoms with Crippen molar-refractivity contribution < 1.29 is 9.84 Å². The molecule has 0 saturated heterocycles. The van der Waals surface area contributed by atoms with Gasteiger partial charge in [-0.05, 0) is 23.6 Å². The van der Waals surface area contributed by atoms with Crippen LogP contribution in [0.5, 0.6) is 5.75 Å². The molecule has 1 aromatic carbocycles. The van der Waals surface area contributed by atoms with Crippen LogP contribution in [0.3, 0.4) is 0 Å². The normalized spacial score (nSPS) is 12.7. The molecule has 0 saturated carbocycles. The minimum atomic E-state index is -0.608. The van der Waals surface area contributed by atoms with Gasteiger partial charge < -0.3 is 15.2 Å². The summed E-state index contributed by atoms with van der Waals surface area (Å²) < 4.78 is 6.87. The minimum absolute atomic E-state index is 0.300. The van der Waals surface area contributed by atoms with Crippen LogP contribution >= 0.6 is 11.6 Å². The summed E-state index contributed by atoms with van der Waals surface area (Å²) in [5.74, 6) is 1.03. The number of hydrogen-bond donors (Lipinski definition) is 2. The number of halogens is 1. The highest BCUT2D eigenvalue weighted by Crippen LogP contribution is 2.25. The van der Waals surface area contributed by atoms with Crippen LogP contribution in [-0.2, 0) is 13.6 Å². The molecule has 1 unspecified atom stereocenters. The van der Waals surface area contributed by atoms with E-state index in [1.165, 1.54) is 0 Å². The zero-order valence-corrected chi connectivity index (χ0v) is 14.8. The van der Waals surface area contributed by atoms with E-state index in [1.807, 2.05) is 31.3 Å². The molecule has 0 aliphatic rings. The van der Waals surface area contributed by atoms with E-state index in [1.54, 1.807) is 11.8 Å². The Kier molecular flexibility index (Phi) is 6.04. The number of methoxy groups -OCH3 is 1. The summed E-state index contributed by atoms with van der Waals surface area (Å²) in [5, 5.41) is 18.6. The third kappa shape index (κ3) is 4.25. The van der Waals surface area contributed by atoms with Gasteiger partial charge >= 0.3 is 0 Å². The SMILES string of the molecule is COc1cccc(C(O)CNCc2c(C(C)C)nn(C)c2Cl)c1. The predicted molar refractivity (Wildman–Crippen MR) is 92.0 cm³/mol. The maximum absolute atomic E-state index is 10.3. The van der Waals surface area contributed by atoms with Gasteiger partial charge in [-0.1, -0.05) is 37.6 Å². The van der Waals surface area contributed by atoms with E-state index in [4.69, 9.17) is 16.3 Å². The smallest absolute Gasteiger partial charge is 0.131 e. The summed E-state index contributed by atoms with van der Waals surface area (Å²) >= 11 is 6.31. The maximum Gasteiger partial charge on any atom is 0.131 e. The monoisotopic (exact) mass is 337 g/mol. The Hall–Kier alpha value is -1.56. The van der Waals surface area contributed by atoms with Crippen molar-refractivity contribution in [1.29, 1.82) is 0 Å². The van der Waals surface area contributed by atoms with Crippen LogP contribution in [-0.4, -0.2) is 28.5 Å². The molecule has 1 heterocycles. The lowest BCUT2D eigenvalue weighted by atomic mass is 10.1. The van der Waals surface area contributed by atoms with Crippen LogP contribution < -0.4 is 10.1 Å². The van der Waals surface area contributed by atoms with Crippen molar-refractivity contribution in [1.82, 2.24) is 15.1 Å². The number of aliphatic hydroxyl groups excluding tert-OH is 1. The van der Waals surface area contributed by atoms with Gasteiger partial charge in [-0.25, -0.2) is 0 Å². The van der Waals surface area contributed by atoms with Crippen LogP contribution in [0.4, 0.5) is 0 Å². The van der Waals surface area contributed by atoms with Gasteiger partial charge in [0.25, 0.3) is 0 Å². The highest BCUT2D eigenvalue weighted by atomic mass is 35.5. The molecule has 2 rings (SSSR count). The Balaban J connectivity index is 1.99. The summed E-state index contributed by atoms with van der Waals surface area (Å²) in [4.78, 5) is 0.